The van der Waals surface area contributed by atoms with Crippen LogP contribution in [0.4, 0.5) is 0 Å². The van der Waals surface area contributed by atoms with Crippen molar-refractivity contribution in [1.29, 1.82) is 0 Å². The molecule has 1 aliphatic rings. The first kappa shape index (κ1) is 15.9. The van der Waals surface area contributed by atoms with Crippen molar-refractivity contribution in [3.63, 3.8) is 0 Å². The number of carbonyl (C=O) groups is 2. The van der Waals surface area contributed by atoms with Crippen molar-refractivity contribution in [2.45, 2.75) is 6.42 Å². The summed E-state index contributed by atoms with van der Waals surface area (Å²) in [7, 11) is 0. The van der Waals surface area contributed by atoms with Gasteiger partial charge in [0.15, 0.2) is 5.78 Å². The van der Waals surface area contributed by atoms with E-state index in [2.05, 4.69) is 15.9 Å². The summed E-state index contributed by atoms with van der Waals surface area (Å²) < 4.78 is 1.60. The van der Waals surface area contributed by atoms with Crippen LogP contribution >= 0.6 is 50.8 Å². The second kappa shape index (κ2) is 7.49. The number of thioether (sulfide) groups is 2. The Morgan fingerprint density at radius 3 is 2.50 bits per heavy atom. The van der Waals surface area contributed by atoms with E-state index in [9.17, 15) is 14.7 Å². The van der Waals surface area contributed by atoms with Gasteiger partial charge in [0, 0.05) is 4.88 Å². The summed E-state index contributed by atoms with van der Waals surface area (Å²) in [6, 6.07) is 3.76. The SMILES string of the molecule is O=C(O)C(C(=O)/C=C/c1ccc(Br)s1)=C1SCCCS1. The van der Waals surface area contributed by atoms with Crippen LogP contribution in [0.2, 0.25) is 0 Å². The third-order valence-corrected chi connectivity index (χ3v) is 6.63. The number of aliphatic carboxylic acids is 1. The predicted octanol–water partition coefficient (Wildman–Crippen LogP) is 4.26. The van der Waals surface area contributed by atoms with Crippen molar-refractivity contribution < 1.29 is 14.7 Å². The maximum Gasteiger partial charge on any atom is 0.341 e. The molecule has 106 valence electrons. The van der Waals surface area contributed by atoms with Crippen LogP contribution in [-0.4, -0.2) is 28.4 Å². The zero-order valence-corrected chi connectivity index (χ0v) is 14.3. The average molecular weight is 391 g/mol. The van der Waals surface area contributed by atoms with E-state index < -0.39 is 11.8 Å². The van der Waals surface area contributed by atoms with E-state index in [1.165, 1.54) is 40.9 Å². The molecule has 1 fully saturated rings. The fourth-order valence-corrected chi connectivity index (χ4v) is 5.48. The van der Waals surface area contributed by atoms with Crippen LogP contribution in [0.5, 0.6) is 0 Å². The number of hydrogen-bond donors (Lipinski definition) is 1. The number of halogens is 1. The van der Waals surface area contributed by atoms with Gasteiger partial charge in [0.1, 0.15) is 5.57 Å². The third kappa shape index (κ3) is 4.25. The highest BCUT2D eigenvalue weighted by molar-refractivity contribution is 9.11. The van der Waals surface area contributed by atoms with Gasteiger partial charge >= 0.3 is 5.97 Å². The molecule has 0 atom stereocenters. The van der Waals surface area contributed by atoms with Crippen LogP contribution < -0.4 is 0 Å². The smallest absolute Gasteiger partial charge is 0.341 e. The average Bonchev–Trinajstić information content (AvgIpc) is 2.83. The topological polar surface area (TPSA) is 54.4 Å². The molecule has 0 unspecified atom stereocenters. The Labute approximate surface area is 137 Å². The molecular formula is C13H11BrO3S3. The number of carboxylic acids is 1. The van der Waals surface area contributed by atoms with Crippen LogP contribution in [0, 0.1) is 0 Å². The molecule has 1 aromatic rings. The Kier molecular flexibility index (Phi) is 5.95. The van der Waals surface area contributed by atoms with Gasteiger partial charge in [-0.25, -0.2) is 4.79 Å². The van der Waals surface area contributed by atoms with E-state index in [-0.39, 0.29) is 5.57 Å². The molecule has 1 N–H and O–H groups in total. The van der Waals surface area contributed by atoms with E-state index in [1.807, 2.05) is 12.1 Å². The van der Waals surface area contributed by atoms with Gasteiger partial charge in [0.2, 0.25) is 0 Å². The minimum Gasteiger partial charge on any atom is -0.477 e. The van der Waals surface area contributed by atoms with Gasteiger partial charge in [-0.05, 0) is 58.1 Å². The molecule has 2 heterocycles. The number of carbonyl (C=O) groups excluding carboxylic acids is 1. The Bertz CT molecular complexity index is 581. The third-order valence-electron chi connectivity index (χ3n) is 2.41. The number of rotatable bonds is 4. The lowest BCUT2D eigenvalue weighted by atomic mass is 10.2. The molecule has 0 amide bonds. The Morgan fingerprint density at radius 2 is 1.95 bits per heavy atom. The molecule has 0 saturated carbocycles. The van der Waals surface area contributed by atoms with Gasteiger partial charge in [-0.3, -0.25) is 4.79 Å². The monoisotopic (exact) mass is 390 g/mol. The molecular weight excluding hydrogens is 380 g/mol. The molecule has 1 saturated heterocycles. The van der Waals surface area contributed by atoms with Crippen LogP contribution in [0.3, 0.4) is 0 Å². The van der Waals surface area contributed by atoms with Gasteiger partial charge in [0.05, 0.1) is 8.02 Å². The van der Waals surface area contributed by atoms with Crippen LogP contribution in [0.1, 0.15) is 11.3 Å². The number of thiophene rings is 1. The zero-order valence-electron chi connectivity index (χ0n) is 10.3. The highest BCUT2D eigenvalue weighted by Gasteiger charge is 2.23. The zero-order chi connectivity index (χ0) is 14.5. The molecule has 0 radical (unpaired) electrons. The Balaban J connectivity index is 2.19. The number of ketones is 1. The van der Waals surface area contributed by atoms with Crippen molar-refractivity contribution in [3.05, 3.63) is 36.7 Å². The summed E-state index contributed by atoms with van der Waals surface area (Å²) in [6.45, 7) is 0. The summed E-state index contributed by atoms with van der Waals surface area (Å²) in [6.07, 6.45) is 4.03. The summed E-state index contributed by atoms with van der Waals surface area (Å²) in [4.78, 5) is 24.3. The van der Waals surface area contributed by atoms with Crippen LogP contribution in [0.25, 0.3) is 6.08 Å². The molecule has 0 aliphatic carbocycles. The predicted molar refractivity (Wildman–Crippen MR) is 90.3 cm³/mol. The van der Waals surface area contributed by atoms with Crippen LogP contribution in [0.15, 0.2) is 31.8 Å². The van der Waals surface area contributed by atoms with Crippen molar-refractivity contribution in [3.8, 4) is 0 Å². The molecule has 0 aromatic carbocycles. The molecule has 0 spiro atoms. The molecule has 3 nitrogen and oxygen atoms in total. The maximum atomic E-state index is 12.1. The molecule has 7 heteroatoms. The highest BCUT2D eigenvalue weighted by Crippen LogP contribution is 2.37. The molecule has 20 heavy (non-hydrogen) atoms. The minimum absolute atomic E-state index is 0.105. The quantitative estimate of drug-likeness (QED) is 0.472. The normalized spacial score (nSPS) is 15.6. The van der Waals surface area contributed by atoms with Gasteiger partial charge in [0.25, 0.3) is 0 Å². The number of hydrogen-bond acceptors (Lipinski definition) is 5. The Morgan fingerprint density at radius 1 is 1.25 bits per heavy atom. The number of allylic oxidation sites excluding steroid dienone is 1. The van der Waals surface area contributed by atoms with Crippen molar-refractivity contribution in [2.75, 3.05) is 11.5 Å². The van der Waals surface area contributed by atoms with Crippen molar-refractivity contribution in [1.82, 2.24) is 0 Å². The first-order valence-corrected chi connectivity index (χ1v) is 9.37. The van der Waals surface area contributed by atoms with Gasteiger partial charge in [-0.1, -0.05) is 0 Å². The van der Waals surface area contributed by atoms with Crippen molar-refractivity contribution >= 4 is 68.6 Å². The highest BCUT2D eigenvalue weighted by atomic mass is 79.9. The fourth-order valence-electron chi connectivity index (χ4n) is 1.53. The molecule has 2 rings (SSSR count). The summed E-state index contributed by atoms with van der Waals surface area (Å²) >= 11 is 7.74. The lowest BCUT2D eigenvalue weighted by molar-refractivity contribution is -0.134. The second-order valence-electron chi connectivity index (χ2n) is 3.86. The summed E-state index contributed by atoms with van der Waals surface area (Å²) in [5, 5.41) is 9.25. The molecule has 1 aromatic heterocycles. The van der Waals surface area contributed by atoms with Gasteiger partial charge < -0.3 is 5.11 Å². The first-order chi connectivity index (χ1) is 9.58. The number of carboxylic acid groups (broad SMARTS) is 1. The largest absolute Gasteiger partial charge is 0.477 e. The first-order valence-electron chi connectivity index (χ1n) is 5.79. The van der Waals surface area contributed by atoms with Crippen molar-refractivity contribution in [2.24, 2.45) is 0 Å². The summed E-state index contributed by atoms with van der Waals surface area (Å²) in [5.74, 6) is 0.143. The second-order valence-corrected chi connectivity index (χ2v) is 8.82. The van der Waals surface area contributed by atoms with Gasteiger partial charge in [-0.15, -0.1) is 34.9 Å². The van der Waals surface area contributed by atoms with Crippen LogP contribution in [-0.2, 0) is 9.59 Å². The lowest BCUT2D eigenvalue weighted by Gasteiger charge is -2.14. The van der Waals surface area contributed by atoms with E-state index in [0.717, 1.165) is 26.6 Å². The minimum atomic E-state index is -1.15. The van der Waals surface area contributed by atoms with E-state index in [1.54, 1.807) is 6.08 Å². The molecule has 1 aliphatic heterocycles. The van der Waals surface area contributed by atoms with E-state index in [0.29, 0.717) is 4.24 Å². The lowest BCUT2D eigenvalue weighted by Crippen LogP contribution is -2.13. The Hall–Kier alpha value is -0.500. The van der Waals surface area contributed by atoms with Gasteiger partial charge in [-0.2, -0.15) is 0 Å². The molecule has 0 bridgehead atoms. The summed E-state index contributed by atoms with van der Waals surface area (Å²) in [5.41, 5.74) is -0.105. The standard InChI is InChI=1S/C13H11BrO3S3/c14-10-5-3-8(20-10)2-4-9(15)11(12(16)17)13-18-6-1-7-19-13/h2-5H,1,6-7H2,(H,16,17)/b4-2+. The maximum absolute atomic E-state index is 12.1. The van der Waals surface area contributed by atoms with E-state index >= 15 is 0 Å². The fraction of sp³-hybridized carbons (Fsp3) is 0.231. The van der Waals surface area contributed by atoms with E-state index in [4.69, 9.17) is 0 Å².